The molecule has 5 nitrogen and oxygen atoms in total. The number of hydrogen-bond donors (Lipinski definition) is 0. The monoisotopic (exact) mass is 451 g/mol. The second-order valence-electron chi connectivity index (χ2n) is 8.24. The number of imidazole rings is 1. The van der Waals surface area contributed by atoms with Gasteiger partial charge in [-0.25, -0.2) is 4.98 Å². The van der Waals surface area contributed by atoms with E-state index in [2.05, 4.69) is 37.2 Å². The fourth-order valence-corrected chi connectivity index (χ4v) is 4.13. The molecule has 0 saturated carbocycles. The third-order valence-electron chi connectivity index (χ3n) is 5.61. The number of nitrogens with zero attached hydrogens (tertiary/aromatic N) is 3. The molecule has 0 radical (unpaired) electrons. The lowest BCUT2D eigenvalue weighted by atomic mass is 10.1. The van der Waals surface area contributed by atoms with Crippen molar-refractivity contribution in [2.45, 2.75) is 47.6 Å². The largest absolute Gasteiger partial charge is 0.494 e. The molecule has 32 heavy (non-hydrogen) atoms. The van der Waals surface area contributed by atoms with Crippen LogP contribution in [0.2, 0.25) is 0 Å². The summed E-state index contributed by atoms with van der Waals surface area (Å²) in [5, 5.41) is 0. The van der Waals surface area contributed by atoms with Crippen LogP contribution in [0.25, 0.3) is 11.0 Å². The molecular formula is C26H33N3O2S. The van der Waals surface area contributed by atoms with Gasteiger partial charge in [0, 0.05) is 30.8 Å². The maximum atomic E-state index is 13.4. The van der Waals surface area contributed by atoms with Crippen LogP contribution in [0.4, 0.5) is 0 Å². The molecule has 3 aromatic rings. The zero-order valence-electron chi connectivity index (χ0n) is 19.7. The predicted molar refractivity (Wildman–Crippen MR) is 135 cm³/mol. The van der Waals surface area contributed by atoms with Crippen molar-refractivity contribution in [3.8, 4) is 5.75 Å². The average Bonchev–Trinajstić information content (AvgIpc) is 3.16. The van der Waals surface area contributed by atoms with Crippen molar-refractivity contribution in [2.24, 2.45) is 5.92 Å². The average molecular weight is 452 g/mol. The highest BCUT2D eigenvalue weighted by atomic mass is 32.1. The van der Waals surface area contributed by atoms with Gasteiger partial charge >= 0.3 is 0 Å². The fourth-order valence-electron chi connectivity index (χ4n) is 3.74. The van der Waals surface area contributed by atoms with Crippen molar-refractivity contribution >= 4 is 34.0 Å². The molecule has 0 aliphatic carbocycles. The van der Waals surface area contributed by atoms with Gasteiger partial charge in [0.05, 0.1) is 17.6 Å². The Balaban J connectivity index is 2.03. The SMILES string of the molecule is CCOc1ccc(C(=O)c2nc3cc(C(=S)N(CC)CC)ccc3n2CCC(C)C)cc1. The number of benzene rings is 2. The van der Waals surface area contributed by atoms with Gasteiger partial charge in [0.2, 0.25) is 5.78 Å². The molecule has 0 amide bonds. The first-order valence-corrected chi connectivity index (χ1v) is 11.9. The van der Waals surface area contributed by atoms with E-state index in [0.717, 1.165) is 53.4 Å². The second-order valence-corrected chi connectivity index (χ2v) is 8.62. The summed E-state index contributed by atoms with van der Waals surface area (Å²) in [5.74, 6) is 1.67. The first kappa shape index (κ1) is 23.9. The molecule has 6 heteroatoms. The summed E-state index contributed by atoms with van der Waals surface area (Å²) in [6, 6.07) is 13.4. The Morgan fingerprint density at radius 2 is 1.72 bits per heavy atom. The lowest BCUT2D eigenvalue weighted by molar-refractivity contribution is 0.102. The molecule has 0 aliphatic heterocycles. The van der Waals surface area contributed by atoms with Crippen molar-refractivity contribution in [3.05, 3.63) is 59.4 Å². The van der Waals surface area contributed by atoms with E-state index in [-0.39, 0.29) is 5.78 Å². The van der Waals surface area contributed by atoms with E-state index in [1.807, 2.05) is 37.3 Å². The minimum absolute atomic E-state index is 0.0825. The Kier molecular flexibility index (Phi) is 8.02. The third-order valence-corrected chi connectivity index (χ3v) is 6.10. The Bertz CT molecular complexity index is 1080. The summed E-state index contributed by atoms with van der Waals surface area (Å²) in [6.07, 6.45) is 0.967. The van der Waals surface area contributed by atoms with Crippen LogP contribution >= 0.6 is 12.2 Å². The number of rotatable bonds is 10. The van der Waals surface area contributed by atoms with Crippen molar-refractivity contribution in [2.75, 3.05) is 19.7 Å². The van der Waals surface area contributed by atoms with Gasteiger partial charge in [-0.15, -0.1) is 0 Å². The molecule has 2 aromatic carbocycles. The third kappa shape index (κ3) is 5.18. The summed E-state index contributed by atoms with van der Waals surface area (Å²) in [6.45, 7) is 13.6. The quantitative estimate of drug-likeness (QED) is 0.291. The van der Waals surface area contributed by atoms with E-state index >= 15 is 0 Å². The van der Waals surface area contributed by atoms with E-state index in [9.17, 15) is 4.79 Å². The molecule has 1 aromatic heterocycles. The van der Waals surface area contributed by atoms with Crippen LogP contribution in [0.1, 0.15) is 62.8 Å². The van der Waals surface area contributed by atoms with Crippen LogP contribution < -0.4 is 4.74 Å². The van der Waals surface area contributed by atoms with Crippen molar-refractivity contribution in [3.63, 3.8) is 0 Å². The Morgan fingerprint density at radius 3 is 2.31 bits per heavy atom. The molecule has 170 valence electrons. The summed E-state index contributed by atoms with van der Waals surface area (Å²) in [7, 11) is 0. The molecule has 0 aliphatic rings. The van der Waals surface area contributed by atoms with Gasteiger partial charge in [0.15, 0.2) is 5.82 Å². The summed E-state index contributed by atoms with van der Waals surface area (Å²) >= 11 is 5.70. The second kappa shape index (κ2) is 10.7. The van der Waals surface area contributed by atoms with Gasteiger partial charge in [-0.1, -0.05) is 26.1 Å². The highest BCUT2D eigenvalue weighted by molar-refractivity contribution is 7.80. The van der Waals surface area contributed by atoms with Gasteiger partial charge in [0.1, 0.15) is 10.7 Å². The van der Waals surface area contributed by atoms with Crippen LogP contribution in [0.5, 0.6) is 5.75 Å². The van der Waals surface area contributed by atoms with E-state index in [1.165, 1.54) is 0 Å². The van der Waals surface area contributed by atoms with Crippen LogP contribution in [-0.2, 0) is 6.54 Å². The molecule has 0 atom stereocenters. The van der Waals surface area contributed by atoms with Crippen LogP contribution in [-0.4, -0.2) is 44.9 Å². The zero-order valence-corrected chi connectivity index (χ0v) is 20.5. The molecule has 0 spiro atoms. The highest BCUT2D eigenvalue weighted by Gasteiger charge is 2.20. The van der Waals surface area contributed by atoms with Gasteiger partial charge in [0.25, 0.3) is 0 Å². The number of hydrogen-bond acceptors (Lipinski definition) is 4. The highest BCUT2D eigenvalue weighted by Crippen LogP contribution is 2.23. The van der Waals surface area contributed by atoms with E-state index in [1.54, 1.807) is 12.1 Å². The maximum Gasteiger partial charge on any atom is 0.228 e. The van der Waals surface area contributed by atoms with E-state index < -0.39 is 0 Å². The summed E-state index contributed by atoms with van der Waals surface area (Å²) in [5.41, 5.74) is 3.33. The molecule has 0 saturated heterocycles. The number of carbonyl (C=O) groups is 1. The standard InChI is InChI=1S/C26H33N3O2S/c1-6-28(7-2)26(32)20-11-14-23-22(17-20)27-25(29(23)16-15-18(4)5)24(30)19-9-12-21(13-10-19)31-8-3/h9-14,17-18H,6-8,15-16H2,1-5H3. The van der Waals surface area contributed by atoms with Gasteiger partial charge in [-0.05, 0) is 75.6 Å². The molecule has 1 heterocycles. The number of thiocarbonyl (C=S) groups is 1. The molecule has 3 rings (SSSR count). The lowest BCUT2D eigenvalue weighted by Gasteiger charge is -2.21. The van der Waals surface area contributed by atoms with Crippen molar-refractivity contribution < 1.29 is 9.53 Å². The van der Waals surface area contributed by atoms with Gasteiger partial charge in [-0.2, -0.15) is 0 Å². The number of carbonyl (C=O) groups excluding carboxylic acids is 1. The number of fused-ring (bicyclic) bond motifs is 1. The number of ketones is 1. The summed E-state index contributed by atoms with van der Waals surface area (Å²) < 4.78 is 7.56. The van der Waals surface area contributed by atoms with Crippen molar-refractivity contribution in [1.82, 2.24) is 14.5 Å². The van der Waals surface area contributed by atoms with Gasteiger partial charge < -0.3 is 14.2 Å². The Morgan fingerprint density at radius 1 is 1.06 bits per heavy atom. The first-order valence-electron chi connectivity index (χ1n) is 11.5. The van der Waals surface area contributed by atoms with Crippen LogP contribution in [0.15, 0.2) is 42.5 Å². The van der Waals surface area contributed by atoms with Gasteiger partial charge in [-0.3, -0.25) is 4.79 Å². The number of aryl methyl sites for hydroxylation is 1. The minimum Gasteiger partial charge on any atom is -0.494 e. The number of ether oxygens (including phenoxy) is 1. The van der Waals surface area contributed by atoms with Crippen LogP contribution in [0, 0.1) is 5.92 Å². The van der Waals surface area contributed by atoms with E-state index in [4.69, 9.17) is 21.9 Å². The summed E-state index contributed by atoms with van der Waals surface area (Å²) in [4.78, 5) is 21.2. The van der Waals surface area contributed by atoms with Crippen LogP contribution in [0.3, 0.4) is 0 Å². The van der Waals surface area contributed by atoms with E-state index in [0.29, 0.717) is 23.9 Å². The smallest absolute Gasteiger partial charge is 0.228 e. The molecule has 0 fully saturated rings. The Labute approximate surface area is 196 Å². The fraction of sp³-hybridized carbons (Fsp3) is 0.423. The molecule has 0 unspecified atom stereocenters. The Hall–Kier alpha value is -2.73. The molecule has 0 N–H and O–H groups in total. The minimum atomic E-state index is -0.0825. The lowest BCUT2D eigenvalue weighted by Crippen LogP contribution is -2.29. The maximum absolute atomic E-state index is 13.4. The molecule has 0 bridgehead atoms. The molecular weight excluding hydrogens is 418 g/mol. The predicted octanol–water partition coefficient (Wildman–Crippen LogP) is 5.73. The van der Waals surface area contributed by atoms with Crippen molar-refractivity contribution in [1.29, 1.82) is 0 Å². The topological polar surface area (TPSA) is 47.4 Å². The zero-order chi connectivity index (χ0) is 23.3. The normalized spacial score (nSPS) is 11.2. The number of aromatic nitrogens is 2. The first-order chi connectivity index (χ1) is 15.4.